The quantitative estimate of drug-likeness (QED) is 0.368. The molecule has 6 nitrogen and oxygen atoms in total. The minimum atomic E-state index is 0.665. The van der Waals surface area contributed by atoms with Crippen LogP contribution in [0.15, 0.2) is 54.6 Å². The van der Waals surface area contributed by atoms with E-state index in [1.165, 1.54) is 5.56 Å². The highest BCUT2D eigenvalue weighted by Gasteiger charge is 2.17. The van der Waals surface area contributed by atoms with Gasteiger partial charge in [-0.3, -0.25) is 4.90 Å². The summed E-state index contributed by atoms with van der Waals surface area (Å²) in [5.74, 6) is 1.69. The summed E-state index contributed by atoms with van der Waals surface area (Å²) in [7, 11) is 5.58. The van der Waals surface area contributed by atoms with Gasteiger partial charge in [-0.15, -0.1) is 0 Å². The van der Waals surface area contributed by atoms with Gasteiger partial charge in [-0.1, -0.05) is 11.6 Å². The zero-order valence-electron chi connectivity index (χ0n) is 19.8. The number of benzene rings is 3. The molecule has 1 saturated heterocycles. The number of anilines is 2. The summed E-state index contributed by atoms with van der Waals surface area (Å²) >= 11 is 6.28. The molecule has 176 valence electrons. The second kappa shape index (κ2) is 9.66. The molecule has 0 amide bonds. The molecule has 0 aliphatic carbocycles. The standard InChI is InChI=1S/C27H29ClN4O2/c1-31-10-12-32(13-11-31)17-18-14-20(5-9-26(18)34-3)29-27-22-7-4-19(28)15-25(22)30-24-8-6-21(33-2)16-23(24)27/h4-9,14-16H,10-13,17H2,1-3H3,(H,29,30). The Bertz CT molecular complexity index is 1340. The lowest BCUT2D eigenvalue weighted by molar-refractivity contribution is 0.147. The van der Waals surface area contributed by atoms with Crippen LogP contribution in [0.1, 0.15) is 5.56 Å². The molecule has 4 aromatic rings. The zero-order chi connectivity index (χ0) is 23.7. The fraction of sp³-hybridized carbons (Fsp3) is 0.296. The molecule has 3 aromatic carbocycles. The van der Waals surface area contributed by atoms with Crippen LogP contribution in [0.3, 0.4) is 0 Å². The third-order valence-electron chi connectivity index (χ3n) is 6.48. The number of methoxy groups -OCH3 is 2. The lowest BCUT2D eigenvalue weighted by atomic mass is 10.1. The number of piperazine rings is 1. The highest BCUT2D eigenvalue weighted by atomic mass is 35.5. The lowest BCUT2D eigenvalue weighted by Gasteiger charge is -2.32. The third-order valence-corrected chi connectivity index (χ3v) is 6.72. The van der Waals surface area contributed by atoms with Gasteiger partial charge in [-0.05, 0) is 61.6 Å². The molecular weight excluding hydrogens is 448 g/mol. The van der Waals surface area contributed by atoms with Crippen LogP contribution in [0.25, 0.3) is 21.8 Å². The Morgan fingerprint density at radius 3 is 2.47 bits per heavy atom. The third kappa shape index (κ3) is 4.62. The van der Waals surface area contributed by atoms with E-state index in [1.54, 1.807) is 14.2 Å². The molecule has 1 aliphatic heterocycles. The summed E-state index contributed by atoms with van der Waals surface area (Å²) in [5, 5.41) is 6.33. The van der Waals surface area contributed by atoms with Crippen molar-refractivity contribution >= 4 is 44.8 Å². The van der Waals surface area contributed by atoms with Crippen molar-refractivity contribution in [1.82, 2.24) is 14.8 Å². The fourth-order valence-electron chi connectivity index (χ4n) is 4.53. The Hall–Kier alpha value is -3.06. The molecule has 34 heavy (non-hydrogen) atoms. The number of nitrogens with one attached hydrogen (secondary N) is 1. The second-order valence-corrected chi connectivity index (χ2v) is 9.20. The van der Waals surface area contributed by atoms with E-state index >= 15 is 0 Å². The van der Waals surface area contributed by atoms with Gasteiger partial charge in [0, 0.05) is 59.8 Å². The Morgan fingerprint density at radius 2 is 1.71 bits per heavy atom. The number of rotatable bonds is 6. The maximum atomic E-state index is 6.28. The highest BCUT2D eigenvalue weighted by molar-refractivity contribution is 6.31. The van der Waals surface area contributed by atoms with Gasteiger partial charge < -0.3 is 19.7 Å². The maximum Gasteiger partial charge on any atom is 0.123 e. The van der Waals surface area contributed by atoms with E-state index in [1.807, 2.05) is 42.5 Å². The van der Waals surface area contributed by atoms with E-state index in [4.69, 9.17) is 26.1 Å². The molecule has 1 aliphatic rings. The van der Waals surface area contributed by atoms with Crippen LogP contribution in [-0.4, -0.2) is 62.2 Å². The summed E-state index contributed by atoms with van der Waals surface area (Å²) in [6, 6.07) is 18.0. The van der Waals surface area contributed by atoms with Crippen molar-refractivity contribution in [2.75, 3.05) is 52.8 Å². The molecule has 0 radical (unpaired) electrons. The molecule has 2 heterocycles. The van der Waals surface area contributed by atoms with E-state index in [9.17, 15) is 0 Å². The molecule has 0 unspecified atom stereocenters. The number of nitrogens with zero attached hydrogens (tertiary/aromatic N) is 3. The molecule has 0 bridgehead atoms. The molecule has 7 heteroatoms. The van der Waals surface area contributed by atoms with Crippen LogP contribution in [0.5, 0.6) is 11.5 Å². The average molecular weight is 477 g/mol. The number of likely N-dealkylation sites (N-methyl/N-ethyl adjacent to an activating group) is 1. The Morgan fingerprint density at radius 1 is 0.882 bits per heavy atom. The maximum absolute atomic E-state index is 6.28. The predicted molar refractivity (Wildman–Crippen MR) is 140 cm³/mol. The number of fused-ring (bicyclic) bond motifs is 2. The van der Waals surface area contributed by atoms with Crippen molar-refractivity contribution in [2.24, 2.45) is 0 Å². The summed E-state index contributed by atoms with van der Waals surface area (Å²) in [6.07, 6.45) is 0. The number of hydrogen-bond donors (Lipinski definition) is 1. The summed E-state index contributed by atoms with van der Waals surface area (Å²) < 4.78 is 11.2. The molecule has 0 spiro atoms. The lowest BCUT2D eigenvalue weighted by Crippen LogP contribution is -2.43. The van der Waals surface area contributed by atoms with E-state index < -0.39 is 0 Å². The minimum Gasteiger partial charge on any atom is -0.497 e. The summed E-state index contributed by atoms with van der Waals surface area (Å²) in [4.78, 5) is 9.68. The van der Waals surface area contributed by atoms with E-state index in [0.717, 1.165) is 77.4 Å². The smallest absolute Gasteiger partial charge is 0.123 e. The normalized spacial score (nSPS) is 15.1. The Kier molecular flexibility index (Phi) is 6.46. The largest absolute Gasteiger partial charge is 0.497 e. The van der Waals surface area contributed by atoms with Crippen molar-refractivity contribution in [3.63, 3.8) is 0 Å². The number of halogens is 1. The first-order chi connectivity index (χ1) is 16.5. The second-order valence-electron chi connectivity index (χ2n) is 8.76. The predicted octanol–water partition coefficient (Wildman–Crippen LogP) is 5.55. The summed E-state index contributed by atoms with van der Waals surface area (Å²) in [5.41, 5.74) is 4.87. The molecule has 1 aromatic heterocycles. The number of pyridine rings is 1. The number of aromatic nitrogens is 1. The van der Waals surface area contributed by atoms with Crippen LogP contribution >= 0.6 is 11.6 Å². The number of ether oxygens (including phenoxy) is 2. The van der Waals surface area contributed by atoms with Crippen molar-refractivity contribution in [2.45, 2.75) is 6.54 Å². The zero-order valence-corrected chi connectivity index (χ0v) is 20.5. The van der Waals surface area contributed by atoms with Gasteiger partial charge >= 0.3 is 0 Å². The molecule has 5 rings (SSSR count). The van der Waals surface area contributed by atoms with Crippen LogP contribution in [0, 0.1) is 0 Å². The van der Waals surface area contributed by atoms with E-state index in [0.29, 0.717) is 5.02 Å². The van der Waals surface area contributed by atoms with Crippen LogP contribution in [0.4, 0.5) is 11.4 Å². The average Bonchev–Trinajstić information content (AvgIpc) is 2.85. The summed E-state index contributed by atoms with van der Waals surface area (Å²) in [6.45, 7) is 5.13. The minimum absolute atomic E-state index is 0.665. The van der Waals surface area contributed by atoms with E-state index in [-0.39, 0.29) is 0 Å². The van der Waals surface area contributed by atoms with Crippen molar-refractivity contribution in [3.05, 3.63) is 65.2 Å². The van der Waals surface area contributed by atoms with Crippen molar-refractivity contribution in [1.29, 1.82) is 0 Å². The van der Waals surface area contributed by atoms with Gasteiger partial charge in [-0.25, -0.2) is 4.98 Å². The van der Waals surface area contributed by atoms with Crippen molar-refractivity contribution in [3.8, 4) is 11.5 Å². The Balaban J connectivity index is 1.56. The van der Waals surface area contributed by atoms with E-state index in [2.05, 4.69) is 34.3 Å². The monoisotopic (exact) mass is 476 g/mol. The first-order valence-corrected chi connectivity index (χ1v) is 11.8. The topological polar surface area (TPSA) is 49.9 Å². The molecule has 0 atom stereocenters. The number of hydrogen-bond acceptors (Lipinski definition) is 6. The SMILES string of the molecule is COc1ccc2nc3cc(Cl)ccc3c(Nc3ccc(OC)c(CN4CCN(C)CC4)c3)c2c1. The van der Waals surface area contributed by atoms with Crippen LogP contribution in [-0.2, 0) is 6.54 Å². The van der Waals surface area contributed by atoms with Crippen LogP contribution in [0.2, 0.25) is 5.02 Å². The molecular formula is C27H29ClN4O2. The van der Waals surface area contributed by atoms with Gasteiger partial charge in [0.15, 0.2) is 0 Å². The molecule has 1 N–H and O–H groups in total. The fourth-order valence-corrected chi connectivity index (χ4v) is 4.70. The Labute approximate surface area is 205 Å². The molecule has 1 fully saturated rings. The van der Waals surface area contributed by atoms with Crippen molar-refractivity contribution < 1.29 is 9.47 Å². The van der Waals surface area contributed by atoms with Gasteiger partial charge in [0.2, 0.25) is 0 Å². The first-order valence-electron chi connectivity index (χ1n) is 11.5. The van der Waals surface area contributed by atoms with Gasteiger partial charge in [-0.2, -0.15) is 0 Å². The van der Waals surface area contributed by atoms with Crippen LogP contribution < -0.4 is 14.8 Å². The van der Waals surface area contributed by atoms with Gasteiger partial charge in [0.05, 0.1) is 30.9 Å². The molecule has 0 saturated carbocycles. The van der Waals surface area contributed by atoms with Gasteiger partial charge in [0.1, 0.15) is 11.5 Å². The highest BCUT2D eigenvalue weighted by Crippen LogP contribution is 2.37. The van der Waals surface area contributed by atoms with Gasteiger partial charge in [0.25, 0.3) is 0 Å². The first kappa shape index (κ1) is 22.7.